The molecule has 17 heavy (non-hydrogen) atoms. The SMILES string of the molecule is C#CCCOc1cc(C(F)(F)F)nc(NC)n1. The van der Waals surface area contributed by atoms with Gasteiger partial charge in [-0.15, -0.1) is 12.3 Å². The molecule has 7 heteroatoms. The van der Waals surface area contributed by atoms with Gasteiger partial charge in [-0.1, -0.05) is 0 Å². The Morgan fingerprint density at radius 3 is 2.71 bits per heavy atom. The smallest absolute Gasteiger partial charge is 0.433 e. The van der Waals surface area contributed by atoms with Crippen LogP contribution in [0.25, 0.3) is 0 Å². The minimum absolute atomic E-state index is 0.105. The van der Waals surface area contributed by atoms with Crippen molar-refractivity contribution in [2.75, 3.05) is 19.0 Å². The van der Waals surface area contributed by atoms with Crippen LogP contribution in [0.2, 0.25) is 0 Å². The van der Waals surface area contributed by atoms with Crippen LogP contribution in [0.1, 0.15) is 12.1 Å². The number of nitrogens with one attached hydrogen (secondary N) is 1. The van der Waals surface area contributed by atoms with Gasteiger partial charge in [-0.3, -0.25) is 0 Å². The second-order valence-electron chi connectivity index (χ2n) is 2.97. The van der Waals surface area contributed by atoms with Crippen molar-refractivity contribution in [1.29, 1.82) is 0 Å². The average Bonchev–Trinajstić information content (AvgIpc) is 2.28. The highest BCUT2D eigenvalue weighted by Crippen LogP contribution is 2.30. The van der Waals surface area contributed by atoms with Gasteiger partial charge in [-0.2, -0.15) is 18.2 Å². The van der Waals surface area contributed by atoms with Crippen LogP contribution in [0.15, 0.2) is 6.07 Å². The molecule has 1 aromatic rings. The van der Waals surface area contributed by atoms with Gasteiger partial charge in [-0.25, -0.2) is 4.98 Å². The molecule has 0 spiro atoms. The molecule has 0 aromatic carbocycles. The van der Waals surface area contributed by atoms with Crippen molar-refractivity contribution in [1.82, 2.24) is 9.97 Å². The number of alkyl halides is 3. The molecule has 1 N–H and O–H groups in total. The van der Waals surface area contributed by atoms with Crippen molar-refractivity contribution >= 4 is 5.95 Å². The first kappa shape index (κ1) is 13.1. The van der Waals surface area contributed by atoms with E-state index in [1.807, 2.05) is 0 Å². The molecule has 0 amide bonds. The van der Waals surface area contributed by atoms with Crippen molar-refractivity contribution in [3.63, 3.8) is 0 Å². The molecule has 0 aliphatic carbocycles. The molecular formula is C10H10F3N3O. The van der Waals surface area contributed by atoms with E-state index in [4.69, 9.17) is 11.2 Å². The summed E-state index contributed by atoms with van der Waals surface area (Å²) in [5, 5.41) is 2.43. The molecule has 0 unspecified atom stereocenters. The molecule has 92 valence electrons. The first-order valence-corrected chi connectivity index (χ1v) is 4.67. The van der Waals surface area contributed by atoms with E-state index in [1.165, 1.54) is 7.05 Å². The van der Waals surface area contributed by atoms with E-state index in [0.29, 0.717) is 6.42 Å². The van der Waals surface area contributed by atoms with Crippen LogP contribution in [-0.2, 0) is 6.18 Å². The number of aromatic nitrogens is 2. The van der Waals surface area contributed by atoms with E-state index in [0.717, 1.165) is 6.07 Å². The maximum absolute atomic E-state index is 12.5. The average molecular weight is 245 g/mol. The van der Waals surface area contributed by atoms with Crippen molar-refractivity contribution < 1.29 is 17.9 Å². The Morgan fingerprint density at radius 2 is 2.18 bits per heavy atom. The summed E-state index contributed by atoms with van der Waals surface area (Å²) in [5.41, 5.74) is -1.06. The minimum Gasteiger partial charge on any atom is -0.477 e. The molecule has 0 radical (unpaired) electrons. The molecule has 1 aromatic heterocycles. The van der Waals surface area contributed by atoms with Gasteiger partial charge in [0.25, 0.3) is 0 Å². The predicted octanol–water partition coefficient (Wildman–Crippen LogP) is 1.94. The van der Waals surface area contributed by atoms with Crippen molar-refractivity contribution in [3.05, 3.63) is 11.8 Å². The molecule has 1 heterocycles. The van der Waals surface area contributed by atoms with E-state index >= 15 is 0 Å². The van der Waals surface area contributed by atoms with Crippen LogP contribution in [0.3, 0.4) is 0 Å². The van der Waals surface area contributed by atoms with Crippen molar-refractivity contribution in [3.8, 4) is 18.2 Å². The van der Waals surface area contributed by atoms with Gasteiger partial charge >= 0.3 is 6.18 Å². The van der Waals surface area contributed by atoms with Gasteiger partial charge in [0.15, 0.2) is 5.69 Å². The fourth-order valence-electron chi connectivity index (χ4n) is 0.970. The summed E-state index contributed by atoms with van der Waals surface area (Å²) in [4.78, 5) is 7.01. The van der Waals surface area contributed by atoms with Crippen LogP contribution in [-0.4, -0.2) is 23.6 Å². The summed E-state index contributed by atoms with van der Waals surface area (Å²) in [6, 6.07) is 0.733. The quantitative estimate of drug-likeness (QED) is 0.650. The zero-order valence-electron chi connectivity index (χ0n) is 9.01. The number of hydrogen-bond acceptors (Lipinski definition) is 4. The normalized spacial score (nSPS) is 10.8. The first-order valence-electron chi connectivity index (χ1n) is 4.67. The molecule has 0 saturated carbocycles. The van der Waals surface area contributed by atoms with Crippen LogP contribution < -0.4 is 10.1 Å². The van der Waals surface area contributed by atoms with Crippen molar-refractivity contribution in [2.45, 2.75) is 12.6 Å². The Labute approximate surface area is 96.2 Å². The van der Waals surface area contributed by atoms with E-state index in [2.05, 4.69) is 21.2 Å². The Balaban J connectivity index is 2.94. The molecule has 0 aliphatic rings. The third-order valence-corrected chi connectivity index (χ3v) is 1.71. The second kappa shape index (κ2) is 5.39. The van der Waals surface area contributed by atoms with Crippen LogP contribution in [0, 0.1) is 12.3 Å². The maximum Gasteiger partial charge on any atom is 0.433 e. The number of ether oxygens (including phenoxy) is 1. The zero-order valence-corrected chi connectivity index (χ0v) is 9.01. The zero-order chi connectivity index (χ0) is 12.9. The number of terminal acetylenes is 1. The van der Waals surface area contributed by atoms with Crippen LogP contribution in [0.4, 0.5) is 19.1 Å². The molecule has 0 atom stereocenters. The number of hydrogen-bond donors (Lipinski definition) is 1. The first-order chi connectivity index (χ1) is 7.97. The molecule has 4 nitrogen and oxygen atoms in total. The van der Waals surface area contributed by atoms with Gasteiger partial charge in [0.1, 0.15) is 6.61 Å². The molecule has 0 fully saturated rings. The van der Waals surface area contributed by atoms with Gasteiger partial charge in [0.2, 0.25) is 11.8 Å². The lowest BCUT2D eigenvalue weighted by Gasteiger charge is -2.10. The van der Waals surface area contributed by atoms with Crippen molar-refractivity contribution in [2.24, 2.45) is 0 Å². The number of halogens is 3. The molecule has 0 aliphatic heterocycles. The molecule has 1 rings (SSSR count). The minimum atomic E-state index is -4.54. The predicted molar refractivity (Wildman–Crippen MR) is 55.5 cm³/mol. The molecular weight excluding hydrogens is 235 g/mol. The van der Waals surface area contributed by atoms with Gasteiger partial charge in [-0.05, 0) is 0 Å². The fraction of sp³-hybridized carbons (Fsp3) is 0.400. The highest BCUT2D eigenvalue weighted by molar-refractivity contribution is 5.31. The molecule has 0 saturated heterocycles. The van der Waals surface area contributed by atoms with E-state index in [-0.39, 0.29) is 18.4 Å². The van der Waals surface area contributed by atoms with Gasteiger partial charge in [0.05, 0.1) is 0 Å². The van der Waals surface area contributed by atoms with Crippen LogP contribution >= 0.6 is 0 Å². The summed E-state index contributed by atoms with van der Waals surface area (Å²) in [6.45, 7) is 0.105. The third kappa shape index (κ3) is 3.83. The lowest BCUT2D eigenvalue weighted by molar-refractivity contribution is -0.141. The lowest BCUT2D eigenvalue weighted by atomic mass is 10.4. The third-order valence-electron chi connectivity index (χ3n) is 1.71. The summed E-state index contributed by atoms with van der Waals surface area (Å²) in [7, 11) is 1.42. The highest BCUT2D eigenvalue weighted by atomic mass is 19.4. The Hall–Kier alpha value is -1.97. The maximum atomic E-state index is 12.5. The van der Waals surface area contributed by atoms with E-state index in [1.54, 1.807) is 0 Å². The largest absolute Gasteiger partial charge is 0.477 e. The Morgan fingerprint density at radius 1 is 1.47 bits per heavy atom. The standard InChI is InChI=1S/C10H10F3N3O/c1-3-4-5-17-8-6-7(10(11,12)13)15-9(14-2)16-8/h1,6H,4-5H2,2H3,(H,14,15,16). The topological polar surface area (TPSA) is 47.0 Å². The summed E-state index contributed by atoms with van der Waals surface area (Å²) >= 11 is 0. The molecule has 0 bridgehead atoms. The van der Waals surface area contributed by atoms with E-state index < -0.39 is 11.9 Å². The van der Waals surface area contributed by atoms with Crippen LogP contribution in [0.5, 0.6) is 5.88 Å². The monoisotopic (exact) mass is 245 g/mol. The lowest BCUT2D eigenvalue weighted by Crippen LogP contribution is -2.12. The number of anilines is 1. The summed E-state index contributed by atoms with van der Waals surface area (Å²) in [6.07, 6.45) is 0.742. The highest BCUT2D eigenvalue weighted by Gasteiger charge is 2.33. The summed E-state index contributed by atoms with van der Waals surface area (Å²) < 4.78 is 42.4. The number of rotatable bonds is 4. The summed E-state index contributed by atoms with van der Waals surface area (Å²) in [5.74, 6) is 1.99. The second-order valence-corrected chi connectivity index (χ2v) is 2.97. The Bertz CT molecular complexity index is 426. The number of nitrogens with zero attached hydrogens (tertiary/aromatic N) is 2. The van der Waals surface area contributed by atoms with Gasteiger partial charge < -0.3 is 10.1 Å². The van der Waals surface area contributed by atoms with E-state index in [9.17, 15) is 13.2 Å². The van der Waals surface area contributed by atoms with Gasteiger partial charge in [0, 0.05) is 19.5 Å². The fourth-order valence-corrected chi connectivity index (χ4v) is 0.970. The Kier molecular flexibility index (Phi) is 4.15.